The van der Waals surface area contributed by atoms with Crippen LogP contribution in [0.15, 0.2) is 54.6 Å². The third-order valence-electron chi connectivity index (χ3n) is 3.21. The first-order chi connectivity index (χ1) is 11.9. The number of hydrogen-bond acceptors (Lipinski definition) is 4. The van der Waals surface area contributed by atoms with Crippen LogP contribution in [0.5, 0.6) is 5.75 Å². The molecule has 0 aromatic heterocycles. The Morgan fingerprint density at radius 1 is 1.12 bits per heavy atom. The van der Waals surface area contributed by atoms with Crippen molar-refractivity contribution >= 4 is 28.0 Å². The molecule has 0 radical (unpaired) electrons. The molecule has 0 saturated carbocycles. The van der Waals surface area contributed by atoms with Crippen LogP contribution in [0.25, 0.3) is 6.08 Å². The Balaban J connectivity index is 1.86. The van der Waals surface area contributed by atoms with Gasteiger partial charge in [-0.15, -0.1) is 0 Å². The lowest BCUT2D eigenvalue weighted by Crippen LogP contribution is -2.20. The average Bonchev–Trinajstić information content (AvgIpc) is 2.58. The lowest BCUT2D eigenvalue weighted by atomic mass is 10.2. The largest absolute Gasteiger partial charge is 0.497 e. The molecule has 2 rings (SSSR count). The van der Waals surface area contributed by atoms with E-state index in [1.807, 2.05) is 29.0 Å². The van der Waals surface area contributed by atoms with Gasteiger partial charge in [0.05, 0.1) is 12.8 Å². The van der Waals surface area contributed by atoms with E-state index in [0.29, 0.717) is 12.1 Å². The smallest absolute Gasteiger partial charge is 0.357 e. The molecule has 0 heterocycles. The molecular weight excluding hydrogens is 344 g/mol. The number of benzene rings is 2. The van der Waals surface area contributed by atoms with Crippen LogP contribution >= 0.6 is 0 Å². The second kappa shape index (κ2) is 8.32. The molecule has 0 aliphatic heterocycles. The molecule has 0 unspecified atom stereocenters. The summed E-state index contributed by atoms with van der Waals surface area (Å²) in [5.74, 6) is 0.498. The van der Waals surface area contributed by atoms with Gasteiger partial charge in [-0.25, -0.2) is 0 Å². The highest BCUT2D eigenvalue weighted by molar-refractivity contribution is 7.87. The zero-order chi connectivity index (χ0) is 18.3. The molecule has 2 aromatic carbocycles. The minimum atomic E-state index is -4.29. The van der Waals surface area contributed by atoms with Gasteiger partial charge in [-0.2, -0.15) is 8.42 Å². The van der Waals surface area contributed by atoms with Crippen LogP contribution in [-0.4, -0.2) is 26.0 Å². The number of carbonyl (C=O) groups is 1. The summed E-state index contributed by atoms with van der Waals surface area (Å²) in [6.07, 6.45) is 2.98. The van der Waals surface area contributed by atoms with Crippen molar-refractivity contribution in [3.8, 4) is 5.75 Å². The summed E-state index contributed by atoms with van der Waals surface area (Å²) in [7, 11) is -2.70. The van der Waals surface area contributed by atoms with E-state index >= 15 is 0 Å². The van der Waals surface area contributed by atoms with Crippen molar-refractivity contribution in [3.63, 3.8) is 0 Å². The Morgan fingerprint density at radius 2 is 1.76 bits per heavy atom. The normalized spacial score (nSPS) is 11.3. The fraction of sp³-hybridized carbons (Fsp3) is 0.118. The molecule has 0 aliphatic rings. The summed E-state index contributed by atoms with van der Waals surface area (Å²) in [5, 5.41) is 2.76. The first kappa shape index (κ1) is 18.5. The Kier molecular flexibility index (Phi) is 6.15. The third-order valence-corrected chi connectivity index (χ3v) is 3.70. The van der Waals surface area contributed by atoms with Gasteiger partial charge in [-0.1, -0.05) is 24.3 Å². The summed E-state index contributed by atoms with van der Waals surface area (Å²) in [4.78, 5) is 11.8. The predicted octanol–water partition coefficient (Wildman–Crippen LogP) is 2.24. The van der Waals surface area contributed by atoms with Crippen LogP contribution in [0.4, 0.5) is 5.69 Å². The Morgan fingerprint density at radius 3 is 2.32 bits per heavy atom. The topological polar surface area (TPSA) is 105 Å². The van der Waals surface area contributed by atoms with Crippen molar-refractivity contribution < 1.29 is 22.5 Å². The van der Waals surface area contributed by atoms with E-state index in [1.54, 1.807) is 25.3 Å². The van der Waals surface area contributed by atoms with Crippen LogP contribution in [-0.2, 0) is 21.6 Å². The summed E-state index contributed by atoms with van der Waals surface area (Å²) >= 11 is 0. The van der Waals surface area contributed by atoms with Gasteiger partial charge in [0.1, 0.15) is 5.75 Å². The van der Waals surface area contributed by atoms with Gasteiger partial charge in [0.15, 0.2) is 0 Å². The zero-order valence-electron chi connectivity index (χ0n) is 13.5. The molecule has 0 atom stereocenters. The van der Waals surface area contributed by atoms with Crippen LogP contribution in [0.3, 0.4) is 0 Å². The molecule has 3 N–H and O–H groups in total. The zero-order valence-corrected chi connectivity index (χ0v) is 14.3. The van der Waals surface area contributed by atoms with Crippen LogP contribution in [0, 0.1) is 0 Å². The number of methoxy groups -OCH3 is 1. The summed E-state index contributed by atoms with van der Waals surface area (Å²) in [5.41, 5.74) is 1.88. The average molecular weight is 362 g/mol. The number of hydrogen-bond donors (Lipinski definition) is 3. The van der Waals surface area contributed by atoms with E-state index in [2.05, 4.69) is 5.32 Å². The molecule has 0 aliphatic carbocycles. The van der Waals surface area contributed by atoms with E-state index in [1.165, 1.54) is 18.2 Å². The van der Waals surface area contributed by atoms with Gasteiger partial charge in [0.2, 0.25) is 5.91 Å². The second-order valence-electron chi connectivity index (χ2n) is 5.10. The number of amides is 1. The van der Waals surface area contributed by atoms with Crippen molar-refractivity contribution in [3.05, 3.63) is 65.7 Å². The molecule has 1 amide bonds. The standard InChI is InChI=1S/C17H18N2O5S/c1-24-16-9-4-14(5-10-16)12-18-17(20)11-6-13-2-7-15(8-3-13)19-25(21,22)23/h2-11,19H,12H2,1H3,(H,18,20)(H,21,22,23). The maximum Gasteiger partial charge on any atom is 0.357 e. The van der Waals surface area contributed by atoms with Gasteiger partial charge in [0.25, 0.3) is 0 Å². The SMILES string of the molecule is COc1ccc(CNC(=O)C=Cc2ccc(NS(=O)(=O)O)cc2)cc1. The molecule has 2 aromatic rings. The first-order valence-corrected chi connectivity index (χ1v) is 8.74. The molecule has 0 saturated heterocycles. The van der Waals surface area contributed by atoms with Crippen molar-refractivity contribution in [2.75, 3.05) is 11.8 Å². The lowest BCUT2D eigenvalue weighted by molar-refractivity contribution is -0.116. The summed E-state index contributed by atoms with van der Waals surface area (Å²) in [6.45, 7) is 0.393. The van der Waals surface area contributed by atoms with E-state index in [-0.39, 0.29) is 11.6 Å². The van der Waals surface area contributed by atoms with Gasteiger partial charge < -0.3 is 10.1 Å². The minimum absolute atomic E-state index is 0.226. The lowest BCUT2D eigenvalue weighted by Gasteiger charge is -2.04. The van der Waals surface area contributed by atoms with Gasteiger partial charge in [-0.05, 0) is 41.5 Å². The van der Waals surface area contributed by atoms with E-state index < -0.39 is 10.3 Å². The number of nitrogens with one attached hydrogen (secondary N) is 2. The Labute approximate surface area is 146 Å². The Bertz CT molecular complexity index is 844. The molecule has 8 heteroatoms. The highest BCUT2D eigenvalue weighted by Crippen LogP contribution is 2.12. The van der Waals surface area contributed by atoms with Gasteiger partial charge in [-0.3, -0.25) is 14.1 Å². The molecule has 0 bridgehead atoms. The Hall–Kier alpha value is -2.84. The van der Waals surface area contributed by atoms with Crippen LogP contribution in [0.1, 0.15) is 11.1 Å². The minimum Gasteiger partial charge on any atom is -0.497 e. The van der Waals surface area contributed by atoms with Crippen molar-refractivity contribution in [1.29, 1.82) is 0 Å². The number of ether oxygens (including phenoxy) is 1. The van der Waals surface area contributed by atoms with Crippen molar-refractivity contribution in [2.45, 2.75) is 6.54 Å². The number of rotatable bonds is 7. The fourth-order valence-electron chi connectivity index (χ4n) is 1.97. The van der Waals surface area contributed by atoms with Gasteiger partial charge in [0, 0.05) is 12.6 Å². The first-order valence-electron chi connectivity index (χ1n) is 7.30. The summed E-state index contributed by atoms with van der Waals surface area (Å²) < 4.78 is 37.1. The number of carbonyl (C=O) groups excluding carboxylic acids is 1. The van der Waals surface area contributed by atoms with Gasteiger partial charge >= 0.3 is 10.3 Å². The fourth-order valence-corrected chi connectivity index (χ4v) is 2.41. The second-order valence-corrected chi connectivity index (χ2v) is 6.25. The molecule has 132 valence electrons. The van der Waals surface area contributed by atoms with Crippen LogP contribution < -0.4 is 14.8 Å². The van der Waals surface area contributed by atoms with Crippen molar-refractivity contribution in [1.82, 2.24) is 5.32 Å². The molecule has 0 fully saturated rings. The highest BCUT2D eigenvalue weighted by atomic mass is 32.2. The van der Waals surface area contributed by atoms with E-state index in [4.69, 9.17) is 9.29 Å². The van der Waals surface area contributed by atoms with E-state index in [0.717, 1.165) is 11.3 Å². The maximum atomic E-state index is 11.8. The predicted molar refractivity (Wildman–Crippen MR) is 95.5 cm³/mol. The molecular formula is C17H18N2O5S. The molecule has 0 spiro atoms. The van der Waals surface area contributed by atoms with E-state index in [9.17, 15) is 13.2 Å². The molecule has 7 nitrogen and oxygen atoms in total. The summed E-state index contributed by atoms with van der Waals surface area (Å²) in [6, 6.07) is 13.5. The third kappa shape index (κ3) is 6.66. The van der Waals surface area contributed by atoms with Crippen molar-refractivity contribution in [2.24, 2.45) is 0 Å². The number of anilines is 1. The highest BCUT2D eigenvalue weighted by Gasteiger charge is 2.03. The molecule has 25 heavy (non-hydrogen) atoms. The maximum absolute atomic E-state index is 11.8. The quantitative estimate of drug-likeness (QED) is 0.517. The monoisotopic (exact) mass is 362 g/mol. The van der Waals surface area contributed by atoms with Crippen LogP contribution in [0.2, 0.25) is 0 Å².